The minimum absolute atomic E-state index is 0.0574. The maximum absolute atomic E-state index is 12.5. The van der Waals surface area contributed by atoms with Crippen LogP contribution in [0.1, 0.15) is 28.5 Å². The van der Waals surface area contributed by atoms with Crippen LogP contribution >= 0.6 is 11.3 Å². The monoisotopic (exact) mass is 343 g/mol. The second-order valence-electron chi connectivity index (χ2n) is 6.59. The standard InChI is InChI=1S/C18H21N3O2S/c1-21-8-7-15-16(10-21)24-18(19-15)20-17(22)14-9-13(14)11-3-5-12(23-2)6-4-11/h3-6,13-14H,7-10H2,1-2H3,(H,19,20,22)/t13-,14+/m0/s1. The number of likely N-dealkylation sites (N-methyl/N-ethyl adjacent to an activating group) is 1. The highest BCUT2D eigenvalue weighted by atomic mass is 32.1. The van der Waals surface area contributed by atoms with E-state index in [-0.39, 0.29) is 11.8 Å². The number of thiazole rings is 1. The lowest BCUT2D eigenvalue weighted by molar-refractivity contribution is -0.117. The first kappa shape index (κ1) is 15.6. The van der Waals surface area contributed by atoms with Gasteiger partial charge in [0.15, 0.2) is 5.13 Å². The average Bonchev–Trinajstić information content (AvgIpc) is 3.29. The molecule has 1 amide bonds. The van der Waals surface area contributed by atoms with Gasteiger partial charge in [0.1, 0.15) is 5.75 Å². The summed E-state index contributed by atoms with van der Waals surface area (Å²) in [6.07, 6.45) is 1.88. The number of amides is 1. The Balaban J connectivity index is 1.39. The van der Waals surface area contributed by atoms with Crippen LogP contribution in [0.2, 0.25) is 0 Å². The average molecular weight is 343 g/mol. The van der Waals surface area contributed by atoms with Crippen LogP contribution in [-0.2, 0) is 17.8 Å². The molecule has 2 atom stereocenters. The predicted molar refractivity (Wildman–Crippen MR) is 94.6 cm³/mol. The lowest BCUT2D eigenvalue weighted by Gasteiger charge is -2.20. The molecule has 2 aromatic rings. The number of nitrogens with zero attached hydrogens (tertiary/aromatic N) is 2. The molecular formula is C18H21N3O2S. The lowest BCUT2D eigenvalue weighted by atomic mass is 10.1. The molecular weight excluding hydrogens is 322 g/mol. The Morgan fingerprint density at radius 1 is 1.38 bits per heavy atom. The van der Waals surface area contributed by atoms with Crippen LogP contribution in [0.5, 0.6) is 5.75 Å². The number of anilines is 1. The summed E-state index contributed by atoms with van der Waals surface area (Å²) in [7, 11) is 3.78. The molecule has 0 bridgehead atoms. The normalized spacial score (nSPS) is 22.8. The number of rotatable bonds is 4. The van der Waals surface area contributed by atoms with Gasteiger partial charge in [-0.15, -0.1) is 11.3 Å². The zero-order valence-electron chi connectivity index (χ0n) is 13.9. The van der Waals surface area contributed by atoms with Crippen molar-refractivity contribution in [3.8, 4) is 5.75 Å². The quantitative estimate of drug-likeness (QED) is 0.927. The summed E-state index contributed by atoms with van der Waals surface area (Å²) in [6, 6.07) is 8.01. The summed E-state index contributed by atoms with van der Waals surface area (Å²) >= 11 is 1.61. The molecule has 1 N–H and O–H groups in total. The van der Waals surface area contributed by atoms with E-state index in [0.717, 1.165) is 42.5 Å². The highest BCUT2D eigenvalue weighted by Gasteiger charge is 2.44. The Morgan fingerprint density at radius 2 is 2.17 bits per heavy atom. The van der Waals surface area contributed by atoms with Crippen LogP contribution in [-0.4, -0.2) is 36.5 Å². The summed E-state index contributed by atoms with van der Waals surface area (Å²) in [5, 5.41) is 3.77. The smallest absolute Gasteiger partial charge is 0.229 e. The third kappa shape index (κ3) is 3.03. The van der Waals surface area contributed by atoms with Gasteiger partial charge in [0.2, 0.25) is 5.91 Å². The number of aromatic nitrogens is 1. The number of methoxy groups -OCH3 is 1. The number of nitrogens with one attached hydrogen (secondary N) is 1. The molecule has 0 unspecified atom stereocenters. The van der Waals surface area contributed by atoms with Gasteiger partial charge in [0.25, 0.3) is 0 Å². The van der Waals surface area contributed by atoms with Gasteiger partial charge in [0, 0.05) is 30.3 Å². The first-order valence-electron chi connectivity index (χ1n) is 8.26. The van der Waals surface area contributed by atoms with Gasteiger partial charge in [-0.05, 0) is 37.1 Å². The van der Waals surface area contributed by atoms with Crippen molar-refractivity contribution in [1.82, 2.24) is 9.88 Å². The van der Waals surface area contributed by atoms with Gasteiger partial charge in [-0.2, -0.15) is 0 Å². The Bertz CT molecular complexity index is 756. The Kier molecular flexibility index (Phi) is 4.02. The van der Waals surface area contributed by atoms with Crippen molar-refractivity contribution < 1.29 is 9.53 Å². The van der Waals surface area contributed by atoms with Gasteiger partial charge in [-0.25, -0.2) is 4.98 Å². The Hall–Kier alpha value is -1.92. The van der Waals surface area contributed by atoms with Gasteiger partial charge >= 0.3 is 0 Å². The molecule has 1 fully saturated rings. The highest BCUT2D eigenvalue weighted by molar-refractivity contribution is 7.15. The molecule has 2 aliphatic rings. The molecule has 1 aromatic heterocycles. The third-order valence-corrected chi connectivity index (χ3v) is 5.82. The number of hydrogen-bond acceptors (Lipinski definition) is 5. The van der Waals surface area contributed by atoms with Crippen molar-refractivity contribution in [1.29, 1.82) is 0 Å². The minimum atomic E-state index is 0.0574. The van der Waals surface area contributed by atoms with Crippen molar-refractivity contribution in [3.05, 3.63) is 40.4 Å². The van der Waals surface area contributed by atoms with E-state index >= 15 is 0 Å². The maximum atomic E-state index is 12.5. The van der Waals surface area contributed by atoms with E-state index in [1.807, 2.05) is 12.1 Å². The molecule has 0 saturated heterocycles. The van der Waals surface area contributed by atoms with Crippen LogP contribution in [0.3, 0.4) is 0 Å². The zero-order valence-corrected chi connectivity index (χ0v) is 14.7. The first-order valence-corrected chi connectivity index (χ1v) is 9.07. The molecule has 0 spiro atoms. The molecule has 0 radical (unpaired) electrons. The Morgan fingerprint density at radius 3 is 2.92 bits per heavy atom. The summed E-state index contributed by atoms with van der Waals surface area (Å²) in [4.78, 5) is 20.6. The SMILES string of the molecule is COc1ccc([C@@H]2C[C@H]2C(=O)Nc2nc3c(s2)CN(C)CC3)cc1. The molecule has 1 aromatic carbocycles. The zero-order chi connectivity index (χ0) is 16.7. The lowest BCUT2D eigenvalue weighted by Crippen LogP contribution is -2.25. The number of benzene rings is 1. The van der Waals surface area contributed by atoms with Crippen molar-refractivity contribution in [2.45, 2.75) is 25.3 Å². The van der Waals surface area contributed by atoms with Gasteiger partial charge < -0.3 is 15.0 Å². The summed E-state index contributed by atoms with van der Waals surface area (Å²) in [6.45, 7) is 1.97. The predicted octanol–water partition coefficient (Wildman–Crippen LogP) is 2.88. The fraction of sp³-hybridized carbons (Fsp3) is 0.444. The fourth-order valence-corrected chi connectivity index (χ4v) is 4.37. The van der Waals surface area contributed by atoms with Gasteiger partial charge in [-0.1, -0.05) is 12.1 Å². The van der Waals surface area contributed by atoms with Gasteiger partial charge in [0.05, 0.1) is 12.8 Å². The third-order valence-electron chi connectivity index (χ3n) is 4.82. The molecule has 24 heavy (non-hydrogen) atoms. The number of carbonyl (C=O) groups is 1. The molecule has 5 nitrogen and oxygen atoms in total. The van der Waals surface area contributed by atoms with Gasteiger partial charge in [-0.3, -0.25) is 4.79 Å². The van der Waals surface area contributed by atoms with Crippen molar-refractivity contribution >= 4 is 22.4 Å². The maximum Gasteiger partial charge on any atom is 0.229 e. The second kappa shape index (κ2) is 6.18. The fourth-order valence-electron chi connectivity index (χ4n) is 3.28. The largest absolute Gasteiger partial charge is 0.497 e. The molecule has 4 rings (SSSR count). The number of fused-ring (bicyclic) bond motifs is 1. The van der Waals surface area contributed by atoms with Crippen LogP contribution in [0.15, 0.2) is 24.3 Å². The number of hydrogen-bond donors (Lipinski definition) is 1. The summed E-state index contributed by atoms with van der Waals surface area (Å²) < 4.78 is 5.18. The van der Waals surface area contributed by atoms with E-state index in [0.29, 0.717) is 5.92 Å². The molecule has 6 heteroatoms. The van der Waals surface area contributed by atoms with E-state index in [2.05, 4.69) is 34.4 Å². The second-order valence-corrected chi connectivity index (χ2v) is 7.67. The topological polar surface area (TPSA) is 54.5 Å². The van der Waals surface area contributed by atoms with Crippen molar-refractivity contribution in [2.75, 3.05) is 26.0 Å². The highest BCUT2D eigenvalue weighted by Crippen LogP contribution is 2.48. The molecule has 1 saturated carbocycles. The Labute approximate surface area is 145 Å². The van der Waals surface area contributed by atoms with Crippen LogP contribution < -0.4 is 10.1 Å². The summed E-state index contributed by atoms with van der Waals surface area (Å²) in [5.41, 5.74) is 2.35. The van der Waals surface area contributed by atoms with E-state index < -0.39 is 0 Å². The van der Waals surface area contributed by atoms with E-state index in [1.54, 1.807) is 18.4 Å². The van der Waals surface area contributed by atoms with Crippen molar-refractivity contribution in [2.24, 2.45) is 5.92 Å². The van der Waals surface area contributed by atoms with Crippen LogP contribution in [0.4, 0.5) is 5.13 Å². The number of carbonyl (C=O) groups excluding carboxylic acids is 1. The molecule has 1 aliphatic heterocycles. The van der Waals surface area contributed by atoms with E-state index in [4.69, 9.17) is 4.74 Å². The summed E-state index contributed by atoms with van der Waals surface area (Å²) in [5.74, 6) is 1.31. The van der Waals surface area contributed by atoms with E-state index in [9.17, 15) is 4.79 Å². The number of ether oxygens (including phenoxy) is 1. The van der Waals surface area contributed by atoms with Crippen LogP contribution in [0.25, 0.3) is 0 Å². The van der Waals surface area contributed by atoms with E-state index in [1.165, 1.54) is 10.4 Å². The molecule has 2 heterocycles. The minimum Gasteiger partial charge on any atom is -0.497 e. The molecule has 126 valence electrons. The van der Waals surface area contributed by atoms with Crippen molar-refractivity contribution in [3.63, 3.8) is 0 Å². The first-order chi connectivity index (χ1) is 11.6. The van der Waals surface area contributed by atoms with Crippen LogP contribution in [0, 0.1) is 5.92 Å². The molecule has 1 aliphatic carbocycles.